The number of carbonyl (C=O) groups is 2. The maximum absolute atomic E-state index is 14.7. The summed E-state index contributed by atoms with van der Waals surface area (Å²) in [7, 11) is 1.15. The van der Waals surface area contributed by atoms with Crippen LogP contribution < -0.4 is 0 Å². The number of hydrogen-bond donors (Lipinski definition) is 0. The van der Waals surface area contributed by atoms with E-state index >= 15 is 0 Å². The van der Waals surface area contributed by atoms with E-state index in [4.69, 9.17) is 0 Å². The maximum atomic E-state index is 14.7. The third-order valence-electron chi connectivity index (χ3n) is 4.99. The van der Waals surface area contributed by atoms with Gasteiger partial charge in [-0.1, -0.05) is 6.92 Å². The second-order valence-electron chi connectivity index (χ2n) is 6.83. The number of hydrogen-bond acceptors (Lipinski definition) is 5. The van der Waals surface area contributed by atoms with Crippen LogP contribution in [0.4, 0.5) is 4.39 Å². The number of esters is 1. The Morgan fingerprint density at radius 1 is 1.46 bits per heavy atom. The number of rotatable bonds is 4. The Labute approximate surface area is 151 Å². The number of halogens is 1. The Hall–Kier alpha value is -2.51. The lowest BCUT2D eigenvalue weighted by atomic mass is 10.1. The highest BCUT2D eigenvalue weighted by Gasteiger charge is 2.48. The number of aromatic nitrogens is 3. The van der Waals surface area contributed by atoms with E-state index in [1.165, 1.54) is 4.90 Å². The Morgan fingerprint density at radius 3 is 2.85 bits per heavy atom. The van der Waals surface area contributed by atoms with E-state index in [1.807, 2.05) is 13.8 Å². The first-order valence-corrected chi connectivity index (χ1v) is 8.72. The normalized spacial score (nSPS) is 21.2. The van der Waals surface area contributed by atoms with Crippen molar-refractivity contribution >= 4 is 22.9 Å². The first-order chi connectivity index (χ1) is 12.3. The van der Waals surface area contributed by atoms with E-state index in [2.05, 4.69) is 21.7 Å². The van der Waals surface area contributed by atoms with Gasteiger partial charge in [0.2, 0.25) is 5.67 Å². The van der Waals surface area contributed by atoms with Crippen molar-refractivity contribution in [3.8, 4) is 0 Å². The van der Waals surface area contributed by atoms with Crippen LogP contribution in [0.25, 0.3) is 11.0 Å². The number of nitrogens with zero attached hydrogens (tertiary/aromatic N) is 4. The summed E-state index contributed by atoms with van der Waals surface area (Å²) in [6.07, 6.45) is 2.44. The molecule has 0 saturated carbocycles. The highest BCUT2D eigenvalue weighted by molar-refractivity contribution is 6.06. The molecule has 26 heavy (non-hydrogen) atoms. The quantitative estimate of drug-likeness (QED) is 0.781. The summed E-state index contributed by atoms with van der Waals surface area (Å²) in [5.41, 5.74) is -0.394. The van der Waals surface area contributed by atoms with Crippen LogP contribution in [0, 0.1) is 6.92 Å². The molecule has 0 spiro atoms. The molecule has 0 unspecified atom stereocenters. The van der Waals surface area contributed by atoms with Crippen LogP contribution in [0.15, 0.2) is 12.3 Å². The third kappa shape index (κ3) is 2.93. The first kappa shape index (κ1) is 18.3. The molecule has 7 nitrogen and oxygen atoms in total. The predicted molar refractivity (Wildman–Crippen MR) is 93.6 cm³/mol. The molecule has 8 heteroatoms. The van der Waals surface area contributed by atoms with E-state index in [0.717, 1.165) is 13.5 Å². The van der Waals surface area contributed by atoms with Gasteiger partial charge in [-0.3, -0.25) is 4.79 Å². The van der Waals surface area contributed by atoms with Gasteiger partial charge in [-0.15, -0.1) is 0 Å². The smallest absolute Gasteiger partial charge is 0.345 e. The molecule has 0 aliphatic carbocycles. The van der Waals surface area contributed by atoms with Crippen molar-refractivity contribution in [2.45, 2.75) is 45.3 Å². The molecular weight excluding hydrogens is 339 g/mol. The SMILES string of the molecule is CC[C@H](C)n1ncc2c(C(=O)N3CC[C@](F)(C(=O)OC)C3)cc(C)nc21. The molecule has 1 saturated heterocycles. The summed E-state index contributed by atoms with van der Waals surface area (Å²) < 4.78 is 21.0. The zero-order valence-electron chi connectivity index (χ0n) is 15.5. The summed E-state index contributed by atoms with van der Waals surface area (Å²) in [6.45, 7) is 5.75. The summed E-state index contributed by atoms with van der Waals surface area (Å²) in [5.74, 6) is -1.26. The zero-order valence-corrected chi connectivity index (χ0v) is 15.5. The number of amides is 1. The minimum atomic E-state index is -2.15. The molecule has 3 heterocycles. The topological polar surface area (TPSA) is 77.3 Å². The lowest BCUT2D eigenvalue weighted by Crippen LogP contribution is -2.39. The standard InChI is InChI=1S/C18H23FN4O3/c1-5-12(3)23-15-14(9-20-23)13(8-11(2)21-15)16(24)22-7-6-18(19,10-22)17(25)26-4/h8-9,12H,5-7,10H2,1-4H3/t12-,18+/m0/s1. The van der Waals surface area contributed by atoms with Crippen molar-refractivity contribution < 1.29 is 18.7 Å². The van der Waals surface area contributed by atoms with Crippen molar-refractivity contribution in [1.82, 2.24) is 19.7 Å². The first-order valence-electron chi connectivity index (χ1n) is 8.72. The Balaban J connectivity index is 1.97. The molecule has 0 radical (unpaired) electrons. The lowest BCUT2D eigenvalue weighted by molar-refractivity contribution is -0.153. The highest BCUT2D eigenvalue weighted by atomic mass is 19.1. The van der Waals surface area contributed by atoms with Gasteiger partial charge >= 0.3 is 5.97 Å². The van der Waals surface area contributed by atoms with E-state index in [-0.39, 0.29) is 31.5 Å². The summed E-state index contributed by atoms with van der Waals surface area (Å²) in [4.78, 5) is 30.5. The van der Waals surface area contributed by atoms with Crippen molar-refractivity contribution in [2.75, 3.05) is 20.2 Å². The van der Waals surface area contributed by atoms with Crippen LogP contribution in [0.1, 0.15) is 48.8 Å². The zero-order chi connectivity index (χ0) is 19.1. The van der Waals surface area contributed by atoms with Crippen LogP contribution >= 0.6 is 0 Å². The Kier molecular flexibility index (Phi) is 4.68. The molecule has 2 atom stereocenters. The summed E-state index contributed by atoms with van der Waals surface area (Å²) in [6, 6.07) is 1.83. The Bertz CT molecular complexity index is 865. The largest absolute Gasteiger partial charge is 0.467 e. The van der Waals surface area contributed by atoms with Gasteiger partial charge in [0.1, 0.15) is 0 Å². The van der Waals surface area contributed by atoms with Gasteiger partial charge in [0.05, 0.1) is 36.8 Å². The Morgan fingerprint density at radius 2 is 2.19 bits per heavy atom. The summed E-state index contributed by atoms with van der Waals surface area (Å²) in [5, 5.41) is 5.02. The number of likely N-dealkylation sites (tertiary alicyclic amines) is 1. The van der Waals surface area contributed by atoms with E-state index in [1.54, 1.807) is 16.9 Å². The van der Waals surface area contributed by atoms with Crippen molar-refractivity contribution in [2.24, 2.45) is 0 Å². The fraction of sp³-hybridized carbons (Fsp3) is 0.556. The molecule has 2 aromatic heterocycles. The molecule has 1 amide bonds. The number of ether oxygens (including phenoxy) is 1. The minimum absolute atomic E-state index is 0.0647. The fourth-order valence-electron chi connectivity index (χ4n) is 3.28. The van der Waals surface area contributed by atoms with E-state index in [0.29, 0.717) is 22.3 Å². The van der Waals surface area contributed by atoms with Crippen molar-refractivity contribution in [1.29, 1.82) is 0 Å². The molecule has 1 aliphatic heterocycles. The molecule has 140 valence electrons. The second-order valence-corrected chi connectivity index (χ2v) is 6.83. The number of alkyl halides is 1. The average molecular weight is 362 g/mol. The minimum Gasteiger partial charge on any atom is -0.467 e. The molecule has 1 aliphatic rings. The maximum Gasteiger partial charge on any atom is 0.345 e. The highest BCUT2D eigenvalue weighted by Crippen LogP contribution is 2.30. The van der Waals surface area contributed by atoms with Gasteiger partial charge in [0.15, 0.2) is 5.65 Å². The van der Waals surface area contributed by atoms with Gasteiger partial charge in [0.25, 0.3) is 5.91 Å². The fourth-order valence-corrected chi connectivity index (χ4v) is 3.28. The number of pyridine rings is 1. The van der Waals surface area contributed by atoms with Crippen LogP contribution in [0.3, 0.4) is 0 Å². The lowest BCUT2D eigenvalue weighted by Gasteiger charge is -2.19. The molecule has 1 fully saturated rings. The number of aryl methyl sites for hydroxylation is 1. The molecule has 2 aromatic rings. The average Bonchev–Trinajstić information content (AvgIpc) is 3.23. The van der Waals surface area contributed by atoms with Crippen LogP contribution in [-0.2, 0) is 9.53 Å². The van der Waals surface area contributed by atoms with E-state index in [9.17, 15) is 14.0 Å². The molecule has 0 N–H and O–H groups in total. The second kappa shape index (κ2) is 6.66. The van der Waals surface area contributed by atoms with Gasteiger partial charge in [-0.05, 0) is 26.3 Å². The van der Waals surface area contributed by atoms with E-state index < -0.39 is 11.6 Å². The summed E-state index contributed by atoms with van der Waals surface area (Å²) >= 11 is 0. The van der Waals surface area contributed by atoms with Gasteiger partial charge in [0, 0.05) is 18.7 Å². The number of methoxy groups -OCH3 is 1. The number of carbonyl (C=O) groups excluding carboxylic acids is 2. The van der Waals surface area contributed by atoms with Gasteiger partial charge in [-0.25, -0.2) is 18.9 Å². The van der Waals surface area contributed by atoms with Gasteiger partial charge in [-0.2, -0.15) is 5.10 Å². The van der Waals surface area contributed by atoms with Crippen LogP contribution in [-0.4, -0.2) is 57.4 Å². The predicted octanol–water partition coefficient (Wildman–Crippen LogP) is 2.44. The molecule has 0 bridgehead atoms. The molecule has 3 rings (SSSR count). The molecular formula is C18H23FN4O3. The van der Waals surface area contributed by atoms with Crippen molar-refractivity contribution in [3.05, 3.63) is 23.5 Å². The van der Waals surface area contributed by atoms with Crippen LogP contribution in [0.5, 0.6) is 0 Å². The van der Waals surface area contributed by atoms with Gasteiger partial charge < -0.3 is 9.64 Å². The van der Waals surface area contributed by atoms with Crippen molar-refractivity contribution in [3.63, 3.8) is 0 Å². The monoisotopic (exact) mass is 362 g/mol. The third-order valence-corrected chi connectivity index (χ3v) is 4.99. The number of fused-ring (bicyclic) bond motifs is 1. The molecule has 0 aromatic carbocycles. The van der Waals surface area contributed by atoms with Crippen LogP contribution in [0.2, 0.25) is 0 Å².